The predicted octanol–water partition coefficient (Wildman–Crippen LogP) is 5.23. The second-order valence-electron chi connectivity index (χ2n) is 4.68. The standard InChI is InChI=1S/C16H11Br2NO/c1-9-5-6-10(13(18)7-9)16(20)11-8-19-14-4-2-3-12(17)15(11)14/h2-8,19H,1H3. The summed E-state index contributed by atoms with van der Waals surface area (Å²) < 4.78 is 1.74. The Balaban J connectivity index is 2.18. The molecule has 0 aliphatic rings. The summed E-state index contributed by atoms with van der Waals surface area (Å²) >= 11 is 6.99. The zero-order chi connectivity index (χ0) is 14.3. The van der Waals surface area contributed by atoms with E-state index in [1.807, 2.05) is 43.3 Å². The topological polar surface area (TPSA) is 32.9 Å². The second kappa shape index (κ2) is 5.19. The van der Waals surface area contributed by atoms with E-state index < -0.39 is 0 Å². The van der Waals surface area contributed by atoms with Gasteiger partial charge >= 0.3 is 0 Å². The average Bonchev–Trinajstić information content (AvgIpc) is 2.83. The first-order valence-corrected chi connectivity index (χ1v) is 7.73. The number of carbonyl (C=O) groups excluding carboxylic acids is 1. The molecule has 0 amide bonds. The number of nitrogens with one attached hydrogen (secondary N) is 1. The summed E-state index contributed by atoms with van der Waals surface area (Å²) in [4.78, 5) is 15.9. The van der Waals surface area contributed by atoms with Crippen LogP contribution < -0.4 is 0 Å². The number of aromatic amines is 1. The molecule has 1 N–H and O–H groups in total. The Bertz CT molecular complexity index is 820. The van der Waals surface area contributed by atoms with Gasteiger partial charge in [0.2, 0.25) is 0 Å². The van der Waals surface area contributed by atoms with Crippen molar-refractivity contribution < 1.29 is 4.79 Å². The summed E-state index contributed by atoms with van der Waals surface area (Å²) in [6, 6.07) is 11.6. The number of hydrogen-bond donors (Lipinski definition) is 1. The number of fused-ring (bicyclic) bond motifs is 1. The van der Waals surface area contributed by atoms with Gasteiger partial charge in [-0.15, -0.1) is 0 Å². The molecule has 0 saturated carbocycles. The van der Waals surface area contributed by atoms with Crippen molar-refractivity contribution in [2.45, 2.75) is 6.92 Å². The maximum absolute atomic E-state index is 12.7. The van der Waals surface area contributed by atoms with Crippen molar-refractivity contribution in [2.24, 2.45) is 0 Å². The van der Waals surface area contributed by atoms with E-state index in [0.717, 1.165) is 25.4 Å². The van der Waals surface area contributed by atoms with Gasteiger partial charge in [0.25, 0.3) is 0 Å². The Hall–Kier alpha value is -1.39. The fraction of sp³-hybridized carbons (Fsp3) is 0.0625. The first-order valence-electron chi connectivity index (χ1n) is 6.14. The number of aromatic nitrogens is 1. The van der Waals surface area contributed by atoms with Crippen molar-refractivity contribution >= 4 is 48.5 Å². The van der Waals surface area contributed by atoms with Crippen LogP contribution in [0.25, 0.3) is 10.9 Å². The highest BCUT2D eigenvalue weighted by atomic mass is 79.9. The van der Waals surface area contributed by atoms with Gasteiger partial charge in [-0.05, 0) is 36.8 Å². The molecule has 2 nitrogen and oxygen atoms in total. The summed E-state index contributed by atoms with van der Waals surface area (Å²) in [6.45, 7) is 2.00. The van der Waals surface area contributed by atoms with Crippen LogP contribution in [0, 0.1) is 6.92 Å². The fourth-order valence-corrected chi connectivity index (χ4v) is 3.52. The number of hydrogen-bond acceptors (Lipinski definition) is 1. The minimum Gasteiger partial charge on any atom is -0.360 e. The molecule has 0 atom stereocenters. The van der Waals surface area contributed by atoms with Gasteiger partial charge in [0.05, 0.1) is 0 Å². The lowest BCUT2D eigenvalue weighted by Crippen LogP contribution is -2.02. The molecule has 1 heterocycles. The summed E-state index contributed by atoms with van der Waals surface area (Å²) in [5.41, 5.74) is 3.42. The lowest BCUT2D eigenvalue weighted by molar-refractivity contribution is 0.103. The van der Waals surface area contributed by atoms with Crippen LogP contribution in [-0.2, 0) is 0 Å². The molecule has 100 valence electrons. The zero-order valence-electron chi connectivity index (χ0n) is 10.7. The van der Waals surface area contributed by atoms with Gasteiger partial charge in [-0.1, -0.05) is 44.0 Å². The second-order valence-corrected chi connectivity index (χ2v) is 6.39. The van der Waals surface area contributed by atoms with Crippen molar-refractivity contribution in [2.75, 3.05) is 0 Å². The van der Waals surface area contributed by atoms with Gasteiger partial charge in [0.15, 0.2) is 5.78 Å². The highest BCUT2D eigenvalue weighted by Crippen LogP contribution is 2.30. The monoisotopic (exact) mass is 391 g/mol. The highest BCUT2D eigenvalue weighted by Gasteiger charge is 2.18. The van der Waals surface area contributed by atoms with Crippen LogP contribution in [0.1, 0.15) is 21.5 Å². The number of ketones is 1. The normalized spacial score (nSPS) is 10.9. The Kier molecular flexibility index (Phi) is 3.52. The van der Waals surface area contributed by atoms with Crippen molar-refractivity contribution in [1.29, 1.82) is 0 Å². The number of carbonyl (C=O) groups is 1. The third-order valence-electron chi connectivity index (χ3n) is 3.27. The number of rotatable bonds is 2. The lowest BCUT2D eigenvalue weighted by Gasteiger charge is -2.05. The van der Waals surface area contributed by atoms with Crippen molar-refractivity contribution in [3.8, 4) is 0 Å². The van der Waals surface area contributed by atoms with E-state index in [4.69, 9.17) is 0 Å². The molecular weight excluding hydrogens is 382 g/mol. The molecule has 20 heavy (non-hydrogen) atoms. The molecule has 0 bridgehead atoms. The molecule has 0 radical (unpaired) electrons. The number of benzene rings is 2. The van der Waals surface area contributed by atoms with Crippen molar-refractivity contribution in [3.05, 3.63) is 68.2 Å². The van der Waals surface area contributed by atoms with E-state index in [1.165, 1.54) is 0 Å². The molecule has 0 aliphatic heterocycles. The van der Waals surface area contributed by atoms with E-state index in [2.05, 4.69) is 36.8 Å². The van der Waals surface area contributed by atoms with Crippen LogP contribution in [0.2, 0.25) is 0 Å². The molecule has 0 saturated heterocycles. The fourth-order valence-electron chi connectivity index (χ4n) is 2.27. The SMILES string of the molecule is Cc1ccc(C(=O)c2c[nH]c3cccc(Br)c23)c(Br)c1. The van der Waals surface area contributed by atoms with Gasteiger partial charge in [0.1, 0.15) is 0 Å². The molecule has 2 aromatic carbocycles. The van der Waals surface area contributed by atoms with Crippen LogP contribution >= 0.6 is 31.9 Å². The van der Waals surface area contributed by atoms with Crippen LogP contribution in [-0.4, -0.2) is 10.8 Å². The average molecular weight is 393 g/mol. The van der Waals surface area contributed by atoms with Gasteiger partial charge in [-0.2, -0.15) is 0 Å². The Morgan fingerprint density at radius 2 is 1.85 bits per heavy atom. The first kappa shape index (κ1) is 13.6. The molecule has 0 spiro atoms. The molecule has 3 aromatic rings. The van der Waals surface area contributed by atoms with Gasteiger partial charge < -0.3 is 4.98 Å². The maximum atomic E-state index is 12.7. The van der Waals surface area contributed by atoms with Gasteiger partial charge in [-0.3, -0.25) is 4.79 Å². The quantitative estimate of drug-likeness (QED) is 0.595. The summed E-state index contributed by atoms with van der Waals surface area (Å²) in [6.07, 6.45) is 1.77. The third-order valence-corrected chi connectivity index (χ3v) is 4.59. The number of halogens is 2. The first-order chi connectivity index (χ1) is 9.58. The zero-order valence-corrected chi connectivity index (χ0v) is 13.9. The van der Waals surface area contributed by atoms with Crippen molar-refractivity contribution in [1.82, 2.24) is 4.98 Å². The van der Waals surface area contributed by atoms with Crippen molar-refractivity contribution in [3.63, 3.8) is 0 Å². The predicted molar refractivity (Wildman–Crippen MR) is 88.3 cm³/mol. The number of H-pyrrole nitrogens is 1. The Morgan fingerprint density at radius 1 is 1.05 bits per heavy atom. The number of aryl methyl sites for hydroxylation is 1. The molecule has 0 aliphatic carbocycles. The molecule has 0 unspecified atom stereocenters. The third kappa shape index (κ3) is 2.23. The molecule has 1 aromatic heterocycles. The minimum absolute atomic E-state index is 0.00928. The van der Waals surface area contributed by atoms with E-state index in [0.29, 0.717) is 11.1 Å². The maximum Gasteiger partial charge on any atom is 0.196 e. The summed E-state index contributed by atoms with van der Waals surface area (Å²) in [7, 11) is 0. The molecule has 3 rings (SSSR count). The van der Waals surface area contributed by atoms with Crippen LogP contribution in [0.3, 0.4) is 0 Å². The Morgan fingerprint density at radius 3 is 2.60 bits per heavy atom. The van der Waals surface area contributed by atoms with Crippen LogP contribution in [0.15, 0.2) is 51.5 Å². The molecule has 4 heteroatoms. The van der Waals surface area contributed by atoms with Crippen LogP contribution in [0.4, 0.5) is 0 Å². The summed E-state index contributed by atoms with van der Waals surface area (Å²) in [5, 5.41) is 0.921. The highest BCUT2D eigenvalue weighted by molar-refractivity contribution is 9.11. The lowest BCUT2D eigenvalue weighted by atomic mass is 10.0. The molecular formula is C16H11Br2NO. The van der Waals surface area contributed by atoms with E-state index in [1.54, 1.807) is 6.20 Å². The van der Waals surface area contributed by atoms with E-state index in [9.17, 15) is 4.79 Å². The molecule has 0 fully saturated rings. The minimum atomic E-state index is 0.00928. The van der Waals surface area contributed by atoms with Gasteiger partial charge in [0, 0.05) is 37.2 Å². The van der Waals surface area contributed by atoms with Crippen LogP contribution in [0.5, 0.6) is 0 Å². The smallest absolute Gasteiger partial charge is 0.196 e. The van der Waals surface area contributed by atoms with E-state index >= 15 is 0 Å². The van der Waals surface area contributed by atoms with E-state index in [-0.39, 0.29) is 5.78 Å². The summed E-state index contributed by atoms with van der Waals surface area (Å²) in [5.74, 6) is 0.00928. The van der Waals surface area contributed by atoms with Gasteiger partial charge in [-0.25, -0.2) is 0 Å². The largest absolute Gasteiger partial charge is 0.360 e. The Labute approximate surface area is 133 Å².